The number of aliphatic carboxylic acids is 1. The molecule has 0 amide bonds. The highest BCUT2D eigenvalue weighted by Gasteiger charge is 2.54. The van der Waals surface area contributed by atoms with Gasteiger partial charge in [-0.3, -0.25) is 4.79 Å². The number of carbonyl (C=O) groups is 1. The van der Waals surface area contributed by atoms with Crippen molar-refractivity contribution in [2.24, 2.45) is 0 Å². The number of phenolic OH excluding ortho intramolecular Hbond substituents is 1. The molecule has 1 unspecified atom stereocenters. The molecule has 6 heteroatoms. The summed E-state index contributed by atoms with van der Waals surface area (Å²) < 4.78 is 12.0. The molecule has 0 spiro atoms. The van der Waals surface area contributed by atoms with Crippen molar-refractivity contribution in [1.29, 1.82) is 0 Å². The van der Waals surface area contributed by atoms with Crippen LogP contribution >= 0.6 is 0 Å². The number of aromatic hydroxyl groups is 1. The van der Waals surface area contributed by atoms with Crippen molar-refractivity contribution in [2.75, 3.05) is 0 Å². The molecule has 0 radical (unpaired) electrons. The molecule has 2 N–H and O–H groups in total. The Balaban J connectivity index is 2.40. The molecule has 0 aromatic heterocycles. The number of carboxylic acids is 1. The van der Waals surface area contributed by atoms with Crippen molar-refractivity contribution in [3.05, 3.63) is 29.3 Å². The van der Waals surface area contributed by atoms with Crippen molar-refractivity contribution in [1.82, 2.24) is 0 Å². The summed E-state index contributed by atoms with van der Waals surface area (Å²) in [5.74, 6) is -1.43. The van der Waals surface area contributed by atoms with Crippen molar-refractivity contribution >= 4 is 13.1 Å². The topological polar surface area (TPSA) is 76.0 Å². The number of hydrogen-bond donors (Lipinski definition) is 2. The molecule has 1 aromatic rings. The Labute approximate surface area is 131 Å². The van der Waals surface area contributed by atoms with Gasteiger partial charge in [0.2, 0.25) is 0 Å². The molecule has 5 nitrogen and oxygen atoms in total. The second kappa shape index (κ2) is 5.59. The highest BCUT2D eigenvalue weighted by Crippen LogP contribution is 2.43. The maximum Gasteiger partial charge on any atom is 0.466 e. The summed E-state index contributed by atoms with van der Waals surface area (Å²) in [6, 6.07) is 5.30. The van der Waals surface area contributed by atoms with E-state index < -0.39 is 30.1 Å². The van der Waals surface area contributed by atoms with Crippen LogP contribution in [-0.4, -0.2) is 34.5 Å². The van der Waals surface area contributed by atoms with Crippen molar-refractivity contribution in [2.45, 2.75) is 58.1 Å². The minimum atomic E-state index is -0.958. The fourth-order valence-electron chi connectivity index (χ4n) is 2.57. The SMILES string of the molecule is Cc1cccc(C(CC(=O)O)B2OC(C)(C)C(C)(C)O2)c1O. The average molecular weight is 306 g/mol. The summed E-state index contributed by atoms with van der Waals surface area (Å²) in [4.78, 5) is 11.3. The first-order valence-electron chi connectivity index (χ1n) is 7.41. The molecule has 0 aliphatic carbocycles. The third-order valence-electron chi connectivity index (χ3n) is 4.66. The summed E-state index contributed by atoms with van der Waals surface area (Å²) in [7, 11) is -0.714. The van der Waals surface area contributed by atoms with Gasteiger partial charge in [-0.15, -0.1) is 0 Å². The van der Waals surface area contributed by atoms with E-state index in [1.165, 1.54) is 0 Å². The molecule has 0 bridgehead atoms. The lowest BCUT2D eigenvalue weighted by molar-refractivity contribution is -0.137. The van der Waals surface area contributed by atoms with Crippen LogP contribution < -0.4 is 0 Å². The van der Waals surface area contributed by atoms with Gasteiger partial charge in [0.15, 0.2) is 0 Å². The number of benzene rings is 1. The number of carboxylic acid groups (broad SMARTS) is 1. The van der Waals surface area contributed by atoms with E-state index in [4.69, 9.17) is 9.31 Å². The summed E-state index contributed by atoms with van der Waals surface area (Å²) >= 11 is 0. The molecule has 1 saturated heterocycles. The van der Waals surface area contributed by atoms with Gasteiger partial charge >= 0.3 is 13.1 Å². The molecule has 22 heavy (non-hydrogen) atoms. The molecule has 1 fully saturated rings. The Morgan fingerprint density at radius 3 is 2.27 bits per heavy atom. The van der Waals surface area contributed by atoms with Crippen LogP contribution in [0.25, 0.3) is 0 Å². The highest BCUT2D eigenvalue weighted by molar-refractivity contribution is 6.48. The van der Waals surface area contributed by atoms with E-state index in [1.807, 2.05) is 27.7 Å². The van der Waals surface area contributed by atoms with E-state index in [0.29, 0.717) is 11.1 Å². The van der Waals surface area contributed by atoms with Gasteiger partial charge in [0, 0.05) is 5.82 Å². The normalized spacial score (nSPS) is 20.9. The Hall–Kier alpha value is -1.53. The van der Waals surface area contributed by atoms with Gasteiger partial charge < -0.3 is 19.5 Å². The fourth-order valence-corrected chi connectivity index (χ4v) is 2.57. The van der Waals surface area contributed by atoms with Crippen LogP contribution in [0.2, 0.25) is 0 Å². The lowest BCUT2D eigenvalue weighted by Crippen LogP contribution is -2.41. The van der Waals surface area contributed by atoms with Crippen LogP contribution in [0.5, 0.6) is 5.75 Å². The number of para-hydroxylation sites is 1. The third kappa shape index (κ3) is 2.98. The van der Waals surface area contributed by atoms with Gasteiger partial charge in [0.05, 0.1) is 17.6 Å². The van der Waals surface area contributed by atoms with Crippen LogP contribution in [0.3, 0.4) is 0 Å². The van der Waals surface area contributed by atoms with Gasteiger partial charge in [-0.1, -0.05) is 18.2 Å². The third-order valence-corrected chi connectivity index (χ3v) is 4.66. The van der Waals surface area contributed by atoms with Crippen LogP contribution in [-0.2, 0) is 14.1 Å². The molecule has 1 aliphatic rings. The molecular weight excluding hydrogens is 283 g/mol. The van der Waals surface area contributed by atoms with Gasteiger partial charge in [0.25, 0.3) is 0 Å². The largest absolute Gasteiger partial charge is 0.507 e. The molecule has 1 heterocycles. The second-order valence-corrected chi connectivity index (χ2v) is 6.84. The van der Waals surface area contributed by atoms with Gasteiger partial charge in [-0.05, 0) is 45.7 Å². The Morgan fingerprint density at radius 2 is 1.77 bits per heavy atom. The second-order valence-electron chi connectivity index (χ2n) is 6.84. The number of rotatable bonds is 4. The fraction of sp³-hybridized carbons (Fsp3) is 0.562. The standard InChI is InChI=1S/C16H23BO5/c1-10-7-6-8-11(14(10)20)12(9-13(18)19)17-21-15(2,3)16(4,5)22-17/h6-8,12,20H,9H2,1-5H3,(H,18,19). The monoisotopic (exact) mass is 306 g/mol. The number of hydrogen-bond acceptors (Lipinski definition) is 4. The molecule has 120 valence electrons. The molecule has 2 rings (SSSR count). The first kappa shape index (κ1) is 16.8. The Morgan fingerprint density at radius 1 is 1.23 bits per heavy atom. The van der Waals surface area contributed by atoms with Crippen LogP contribution in [0, 0.1) is 6.92 Å². The summed E-state index contributed by atoms with van der Waals surface area (Å²) in [5, 5.41) is 19.5. The smallest absolute Gasteiger partial charge is 0.466 e. The van der Waals surface area contributed by atoms with Crippen LogP contribution in [0.4, 0.5) is 0 Å². The maximum absolute atomic E-state index is 11.3. The Kier molecular flexibility index (Phi) is 4.28. The zero-order valence-electron chi connectivity index (χ0n) is 13.7. The van der Waals surface area contributed by atoms with Crippen molar-refractivity contribution < 1.29 is 24.3 Å². The van der Waals surface area contributed by atoms with Gasteiger partial charge in [-0.25, -0.2) is 0 Å². The molecule has 1 aromatic carbocycles. The van der Waals surface area contributed by atoms with Gasteiger partial charge in [-0.2, -0.15) is 0 Å². The van der Waals surface area contributed by atoms with Crippen molar-refractivity contribution in [3.63, 3.8) is 0 Å². The zero-order chi connectivity index (χ0) is 16.7. The zero-order valence-corrected chi connectivity index (χ0v) is 13.7. The molecular formula is C16H23BO5. The van der Waals surface area contributed by atoms with E-state index >= 15 is 0 Å². The predicted octanol–water partition coefficient (Wildman–Crippen LogP) is 2.89. The first-order chi connectivity index (χ1) is 10.0. The highest BCUT2D eigenvalue weighted by atomic mass is 16.7. The summed E-state index contributed by atoms with van der Waals surface area (Å²) in [5.41, 5.74) is 0.146. The van der Waals surface area contributed by atoms with Crippen LogP contribution in [0.1, 0.15) is 51.1 Å². The first-order valence-corrected chi connectivity index (χ1v) is 7.41. The molecule has 1 atom stereocenters. The molecule has 1 aliphatic heterocycles. The van der Waals surface area contributed by atoms with E-state index in [2.05, 4.69) is 0 Å². The van der Waals surface area contributed by atoms with E-state index in [9.17, 15) is 15.0 Å². The predicted molar refractivity (Wildman–Crippen MR) is 83.9 cm³/mol. The maximum atomic E-state index is 11.3. The van der Waals surface area contributed by atoms with E-state index in [0.717, 1.165) is 0 Å². The van der Waals surface area contributed by atoms with E-state index in [1.54, 1.807) is 25.1 Å². The Bertz CT molecular complexity index is 566. The minimum absolute atomic E-state index is 0.100. The number of aryl methyl sites for hydroxylation is 1. The minimum Gasteiger partial charge on any atom is -0.507 e. The number of phenols is 1. The van der Waals surface area contributed by atoms with E-state index in [-0.39, 0.29) is 12.2 Å². The average Bonchev–Trinajstić information content (AvgIpc) is 2.59. The van der Waals surface area contributed by atoms with Crippen LogP contribution in [0.15, 0.2) is 18.2 Å². The lowest BCUT2D eigenvalue weighted by atomic mass is 9.65. The quantitative estimate of drug-likeness (QED) is 0.837. The summed E-state index contributed by atoms with van der Waals surface area (Å²) in [6.45, 7) is 9.45. The lowest BCUT2D eigenvalue weighted by Gasteiger charge is -2.32. The van der Waals surface area contributed by atoms with Gasteiger partial charge in [0.1, 0.15) is 5.75 Å². The summed E-state index contributed by atoms with van der Waals surface area (Å²) in [6.07, 6.45) is -0.173. The molecule has 0 saturated carbocycles. The van der Waals surface area contributed by atoms with Crippen molar-refractivity contribution in [3.8, 4) is 5.75 Å².